The van der Waals surface area contributed by atoms with Crippen molar-refractivity contribution in [2.75, 3.05) is 11.1 Å². The Hall–Kier alpha value is -2.47. The summed E-state index contributed by atoms with van der Waals surface area (Å²) < 4.78 is 24.6. The van der Waals surface area contributed by atoms with E-state index in [1.165, 1.54) is 6.92 Å². The van der Waals surface area contributed by atoms with Crippen molar-refractivity contribution in [3.8, 4) is 0 Å². The normalized spacial score (nSPS) is 12.4. The predicted octanol–water partition coefficient (Wildman–Crippen LogP) is 2.62. The second-order valence-corrected chi connectivity index (χ2v) is 7.92. The number of anilines is 1. The summed E-state index contributed by atoms with van der Waals surface area (Å²) in [4.78, 5) is 24.2. The van der Waals surface area contributed by atoms with Gasteiger partial charge in [0.05, 0.1) is 0 Å². The van der Waals surface area contributed by atoms with Crippen LogP contribution in [0.4, 0.5) is 5.69 Å². The fraction of sp³-hybridized carbons (Fsp3) is 0.222. The number of aryl methyl sites for hydroxylation is 1. The quantitative estimate of drug-likeness (QED) is 0.816. The van der Waals surface area contributed by atoms with Crippen LogP contribution in [0.25, 0.3) is 0 Å². The zero-order chi connectivity index (χ0) is 17.7. The number of benzene rings is 2. The maximum atomic E-state index is 12.3. The molecule has 0 aliphatic carbocycles. The van der Waals surface area contributed by atoms with Crippen LogP contribution in [0.15, 0.2) is 54.6 Å². The van der Waals surface area contributed by atoms with Crippen molar-refractivity contribution in [3.63, 3.8) is 0 Å². The maximum absolute atomic E-state index is 12.3. The lowest BCUT2D eigenvalue weighted by atomic mass is 10.1. The highest BCUT2D eigenvalue weighted by molar-refractivity contribution is 7.93. The first-order valence-electron chi connectivity index (χ1n) is 7.47. The van der Waals surface area contributed by atoms with Gasteiger partial charge in [-0.3, -0.25) is 9.59 Å². The third-order valence-electron chi connectivity index (χ3n) is 3.63. The first-order valence-corrected chi connectivity index (χ1v) is 9.18. The van der Waals surface area contributed by atoms with Crippen molar-refractivity contribution in [2.45, 2.75) is 19.1 Å². The Bertz CT molecular complexity index is 827. The molecule has 6 heteroatoms. The number of hydrogen-bond donors (Lipinski definition) is 1. The van der Waals surface area contributed by atoms with Crippen LogP contribution in [0.5, 0.6) is 0 Å². The molecular formula is C18H19NO4S. The average Bonchev–Trinajstić information content (AvgIpc) is 2.56. The van der Waals surface area contributed by atoms with E-state index < -0.39 is 32.5 Å². The summed E-state index contributed by atoms with van der Waals surface area (Å²) in [5.74, 6) is -1.91. The van der Waals surface area contributed by atoms with Gasteiger partial charge in [0.2, 0.25) is 5.91 Å². The molecule has 1 unspecified atom stereocenters. The van der Waals surface area contributed by atoms with E-state index in [4.69, 9.17) is 0 Å². The average molecular weight is 345 g/mol. The summed E-state index contributed by atoms with van der Waals surface area (Å²) in [5, 5.41) is 1.26. The Morgan fingerprint density at radius 1 is 1.00 bits per heavy atom. The molecule has 0 radical (unpaired) electrons. The molecule has 0 aliphatic rings. The van der Waals surface area contributed by atoms with E-state index in [1.807, 2.05) is 19.1 Å². The highest BCUT2D eigenvalue weighted by Crippen LogP contribution is 2.13. The molecule has 0 saturated carbocycles. The monoisotopic (exact) mass is 345 g/mol. The molecule has 1 atom stereocenters. The minimum absolute atomic E-state index is 0.313. The molecule has 0 bridgehead atoms. The van der Waals surface area contributed by atoms with Gasteiger partial charge in [0.1, 0.15) is 11.0 Å². The van der Waals surface area contributed by atoms with Crippen molar-refractivity contribution in [2.24, 2.45) is 0 Å². The third kappa shape index (κ3) is 4.52. The lowest BCUT2D eigenvalue weighted by Gasteiger charge is -2.12. The highest BCUT2D eigenvalue weighted by Gasteiger charge is 2.30. The fourth-order valence-electron chi connectivity index (χ4n) is 2.14. The molecule has 2 rings (SSSR count). The molecular weight excluding hydrogens is 326 g/mol. The molecule has 0 aromatic heterocycles. The van der Waals surface area contributed by atoms with Gasteiger partial charge < -0.3 is 5.32 Å². The fourth-order valence-corrected chi connectivity index (χ4v) is 3.29. The minimum Gasteiger partial charge on any atom is -0.325 e. The van der Waals surface area contributed by atoms with E-state index in [2.05, 4.69) is 5.32 Å². The van der Waals surface area contributed by atoms with Gasteiger partial charge in [-0.15, -0.1) is 0 Å². The van der Waals surface area contributed by atoms with Crippen LogP contribution in [0.1, 0.15) is 22.8 Å². The van der Waals surface area contributed by atoms with Gasteiger partial charge in [0.15, 0.2) is 15.6 Å². The van der Waals surface area contributed by atoms with Crippen molar-refractivity contribution in [1.29, 1.82) is 0 Å². The van der Waals surface area contributed by atoms with Gasteiger partial charge in [-0.25, -0.2) is 8.42 Å². The van der Waals surface area contributed by atoms with Crippen molar-refractivity contribution in [1.82, 2.24) is 0 Å². The van der Waals surface area contributed by atoms with E-state index >= 15 is 0 Å². The van der Waals surface area contributed by atoms with Crippen molar-refractivity contribution < 1.29 is 18.0 Å². The molecule has 0 spiro atoms. The van der Waals surface area contributed by atoms with Crippen LogP contribution in [0.2, 0.25) is 0 Å². The van der Waals surface area contributed by atoms with Crippen LogP contribution >= 0.6 is 0 Å². The number of amides is 1. The zero-order valence-electron chi connectivity index (χ0n) is 13.5. The number of nitrogens with one attached hydrogen (secondary N) is 1. The zero-order valence-corrected chi connectivity index (χ0v) is 14.3. The summed E-state index contributed by atoms with van der Waals surface area (Å²) in [7, 11) is -3.90. The maximum Gasteiger partial charge on any atom is 0.239 e. The van der Waals surface area contributed by atoms with Gasteiger partial charge in [0.25, 0.3) is 0 Å². The number of carbonyl (C=O) groups is 2. The summed E-state index contributed by atoms with van der Waals surface area (Å²) in [6.07, 6.45) is 0. The van der Waals surface area contributed by atoms with E-state index in [1.54, 1.807) is 42.5 Å². The molecule has 24 heavy (non-hydrogen) atoms. The third-order valence-corrected chi connectivity index (χ3v) is 5.59. The molecule has 0 heterocycles. The van der Waals surface area contributed by atoms with E-state index in [-0.39, 0.29) is 0 Å². The first kappa shape index (κ1) is 17.9. The molecule has 0 saturated heterocycles. The number of hydrogen-bond acceptors (Lipinski definition) is 4. The van der Waals surface area contributed by atoms with E-state index in [0.717, 1.165) is 5.56 Å². The van der Waals surface area contributed by atoms with Crippen molar-refractivity contribution in [3.05, 3.63) is 65.7 Å². The largest absolute Gasteiger partial charge is 0.325 e. The molecule has 0 fully saturated rings. The molecule has 1 N–H and O–H groups in total. The van der Waals surface area contributed by atoms with Crippen LogP contribution in [0, 0.1) is 6.92 Å². The van der Waals surface area contributed by atoms with E-state index in [0.29, 0.717) is 11.3 Å². The Kier molecular flexibility index (Phi) is 5.51. The molecule has 0 aliphatic heterocycles. The SMILES string of the molecule is Cc1ccc(NC(=O)CS(=O)(=O)C(C)C(=O)c2ccccc2)cc1. The van der Waals surface area contributed by atoms with Gasteiger partial charge in [-0.2, -0.15) is 0 Å². The lowest BCUT2D eigenvalue weighted by Crippen LogP contribution is -2.34. The second-order valence-electron chi connectivity index (χ2n) is 5.59. The molecule has 126 valence electrons. The molecule has 2 aromatic carbocycles. The topological polar surface area (TPSA) is 80.3 Å². The van der Waals surface area contributed by atoms with Gasteiger partial charge >= 0.3 is 0 Å². The van der Waals surface area contributed by atoms with Gasteiger partial charge in [-0.05, 0) is 26.0 Å². The van der Waals surface area contributed by atoms with Crippen LogP contribution < -0.4 is 5.32 Å². The molecule has 1 amide bonds. The van der Waals surface area contributed by atoms with Gasteiger partial charge in [0, 0.05) is 11.3 Å². The predicted molar refractivity (Wildman–Crippen MR) is 93.8 cm³/mol. The number of rotatable bonds is 6. The lowest BCUT2D eigenvalue weighted by molar-refractivity contribution is -0.113. The number of Topliss-reactive ketones (excluding diaryl/α,β-unsaturated/α-hetero) is 1. The van der Waals surface area contributed by atoms with Crippen LogP contribution in [0.3, 0.4) is 0 Å². The Morgan fingerprint density at radius 3 is 2.17 bits per heavy atom. The summed E-state index contributed by atoms with van der Waals surface area (Å²) in [6.45, 7) is 3.22. The summed E-state index contributed by atoms with van der Waals surface area (Å²) >= 11 is 0. The number of sulfone groups is 1. The standard InChI is InChI=1S/C18H19NO4S/c1-13-8-10-16(11-9-13)19-17(20)12-24(22,23)14(2)18(21)15-6-4-3-5-7-15/h3-11,14H,12H2,1-2H3,(H,19,20). The van der Waals surface area contributed by atoms with Crippen LogP contribution in [-0.2, 0) is 14.6 Å². The smallest absolute Gasteiger partial charge is 0.239 e. The Balaban J connectivity index is 2.05. The molecule has 5 nitrogen and oxygen atoms in total. The highest BCUT2D eigenvalue weighted by atomic mass is 32.2. The molecule has 2 aromatic rings. The Morgan fingerprint density at radius 2 is 1.58 bits per heavy atom. The summed E-state index contributed by atoms with van der Waals surface area (Å²) in [5.41, 5.74) is 1.86. The second kappa shape index (κ2) is 7.40. The first-order chi connectivity index (χ1) is 11.3. The van der Waals surface area contributed by atoms with Crippen molar-refractivity contribution >= 4 is 27.2 Å². The number of carbonyl (C=O) groups excluding carboxylic acids is 2. The minimum atomic E-state index is -3.90. The number of ketones is 1. The Labute approximate surface area is 141 Å². The van der Waals surface area contributed by atoms with E-state index in [9.17, 15) is 18.0 Å². The summed E-state index contributed by atoms with van der Waals surface area (Å²) in [6, 6.07) is 15.2. The van der Waals surface area contributed by atoms with Gasteiger partial charge in [-0.1, -0.05) is 48.0 Å². The van der Waals surface area contributed by atoms with Crippen LogP contribution in [-0.4, -0.2) is 31.1 Å².